The van der Waals surface area contributed by atoms with E-state index in [1.54, 1.807) is 15.6 Å². The Bertz CT molecular complexity index is 1190. The number of hydrogen-bond donors (Lipinski definition) is 0. The zero-order chi connectivity index (χ0) is 19.8. The molecule has 0 atom stereocenters. The fourth-order valence-electron chi connectivity index (χ4n) is 3.32. The molecule has 0 N–H and O–H groups in total. The number of amides is 1. The average Bonchev–Trinajstić information content (AvgIpc) is 3.38. The van der Waals surface area contributed by atoms with E-state index < -0.39 is 0 Å². The van der Waals surface area contributed by atoms with E-state index in [4.69, 9.17) is 16.1 Å². The van der Waals surface area contributed by atoms with Gasteiger partial charge < -0.3 is 9.42 Å². The topological polar surface area (TPSA) is 89.9 Å². The smallest absolute Gasteiger partial charge is 0.281 e. The molecule has 1 aliphatic rings. The zero-order valence-electron chi connectivity index (χ0n) is 15.2. The van der Waals surface area contributed by atoms with Crippen LogP contribution >= 0.6 is 11.6 Å². The predicted molar refractivity (Wildman–Crippen MR) is 105 cm³/mol. The van der Waals surface area contributed by atoms with Crippen molar-refractivity contribution in [3.05, 3.63) is 70.9 Å². The molecule has 0 fully saturated rings. The van der Waals surface area contributed by atoms with Crippen LogP contribution in [0.1, 0.15) is 16.1 Å². The summed E-state index contributed by atoms with van der Waals surface area (Å²) < 4.78 is 6.96. The molecule has 0 spiro atoms. The Balaban J connectivity index is 1.45. The van der Waals surface area contributed by atoms with E-state index in [0.717, 1.165) is 11.1 Å². The molecule has 144 valence electrons. The fourth-order valence-corrected chi connectivity index (χ4v) is 3.54. The highest BCUT2D eigenvalue weighted by molar-refractivity contribution is 6.30. The predicted octanol–water partition coefficient (Wildman–Crippen LogP) is 3.30. The van der Waals surface area contributed by atoms with Crippen molar-refractivity contribution in [2.45, 2.75) is 13.1 Å². The Morgan fingerprint density at radius 3 is 2.76 bits per heavy atom. The Morgan fingerprint density at radius 1 is 1.07 bits per heavy atom. The quantitative estimate of drug-likeness (QED) is 0.516. The summed E-state index contributed by atoms with van der Waals surface area (Å²) >= 11 is 6.07. The van der Waals surface area contributed by atoms with E-state index in [1.807, 2.05) is 48.5 Å². The van der Waals surface area contributed by atoms with Crippen LogP contribution in [0.3, 0.4) is 0 Å². The molecule has 0 bridgehead atoms. The van der Waals surface area contributed by atoms with Gasteiger partial charge in [0.15, 0.2) is 11.4 Å². The van der Waals surface area contributed by atoms with Gasteiger partial charge in [0.1, 0.15) is 0 Å². The first-order valence-corrected chi connectivity index (χ1v) is 9.43. The summed E-state index contributed by atoms with van der Waals surface area (Å²) in [6.07, 6.45) is 0. The highest BCUT2D eigenvalue weighted by Crippen LogP contribution is 2.26. The second kappa shape index (κ2) is 7.14. The molecule has 9 heteroatoms. The van der Waals surface area contributed by atoms with E-state index in [2.05, 4.69) is 20.5 Å². The Labute approximate surface area is 170 Å². The van der Waals surface area contributed by atoms with Gasteiger partial charge in [0.05, 0.1) is 6.54 Å². The van der Waals surface area contributed by atoms with Gasteiger partial charge in [0.25, 0.3) is 11.8 Å². The molecule has 1 amide bonds. The van der Waals surface area contributed by atoms with Gasteiger partial charge in [0, 0.05) is 23.7 Å². The van der Waals surface area contributed by atoms with Gasteiger partial charge in [-0.15, -0.1) is 5.10 Å². The van der Waals surface area contributed by atoms with E-state index in [9.17, 15) is 4.79 Å². The number of rotatable bonds is 4. The highest BCUT2D eigenvalue weighted by Gasteiger charge is 2.32. The molecule has 0 saturated carbocycles. The molecule has 3 heterocycles. The Morgan fingerprint density at radius 2 is 1.93 bits per heavy atom. The number of carbonyl (C=O) groups excluding carboxylic acids is 1. The van der Waals surface area contributed by atoms with E-state index in [0.29, 0.717) is 41.9 Å². The highest BCUT2D eigenvalue weighted by atomic mass is 35.5. The van der Waals surface area contributed by atoms with Crippen molar-refractivity contribution in [1.82, 2.24) is 30.0 Å². The molecule has 0 unspecified atom stereocenters. The van der Waals surface area contributed by atoms with E-state index in [-0.39, 0.29) is 11.8 Å². The minimum Gasteiger partial charge on any atom is -0.332 e. The monoisotopic (exact) mass is 406 g/mol. The van der Waals surface area contributed by atoms with Crippen LogP contribution in [0.25, 0.3) is 23.0 Å². The Kier molecular flexibility index (Phi) is 4.33. The lowest BCUT2D eigenvalue weighted by Gasteiger charge is -2.27. The van der Waals surface area contributed by atoms with Crippen LogP contribution < -0.4 is 0 Å². The van der Waals surface area contributed by atoms with Crippen LogP contribution in [-0.4, -0.2) is 42.5 Å². The van der Waals surface area contributed by atoms with Crippen molar-refractivity contribution >= 4 is 17.5 Å². The lowest BCUT2D eigenvalue weighted by Crippen LogP contribution is -2.40. The van der Waals surface area contributed by atoms with Gasteiger partial charge >= 0.3 is 0 Å². The second-order valence-electron chi connectivity index (χ2n) is 6.66. The SMILES string of the molecule is O=C1c2c(-c3nc(-c4ccccc4)no3)nnn2CCN1Cc1cccc(Cl)c1. The molecule has 8 nitrogen and oxygen atoms in total. The fraction of sp³-hybridized carbons (Fsp3) is 0.150. The molecule has 0 aliphatic carbocycles. The largest absolute Gasteiger partial charge is 0.332 e. The van der Waals surface area contributed by atoms with E-state index in [1.165, 1.54) is 0 Å². The number of nitrogens with zero attached hydrogens (tertiary/aromatic N) is 6. The van der Waals surface area contributed by atoms with Crippen molar-refractivity contribution in [2.75, 3.05) is 6.54 Å². The van der Waals surface area contributed by atoms with Crippen LogP contribution in [0.4, 0.5) is 0 Å². The third kappa shape index (κ3) is 3.27. The summed E-state index contributed by atoms with van der Waals surface area (Å²) in [5.41, 5.74) is 2.41. The summed E-state index contributed by atoms with van der Waals surface area (Å²) in [7, 11) is 0. The molecule has 2 aromatic carbocycles. The summed E-state index contributed by atoms with van der Waals surface area (Å²) in [6, 6.07) is 16.9. The molecule has 0 radical (unpaired) electrons. The van der Waals surface area contributed by atoms with Crippen molar-refractivity contribution in [2.24, 2.45) is 0 Å². The number of halogens is 1. The first-order chi connectivity index (χ1) is 14.2. The minimum absolute atomic E-state index is 0.169. The van der Waals surface area contributed by atoms with Gasteiger partial charge in [-0.3, -0.25) is 4.79 Å². The molecular formula is C20H15ClN6O2. The van der Waals surface area contributed by atoms with Crippen LogP contribution in [-0.2, 0) is 13.1 Å². The lowest BCUT2D eigenvalue weighted by atomic mass is 10.1. The first kappa shape index (κ1) is 17.6. The van der Waals surface area contributed by atoms with Crippen LogP contribution in [0.5, 0.6) is 0 Å². The van der Waals surface area contributed by atoms with Gasteiger partial charge in [-0.2, -0.15) is 4.98 Å². The Hall–Kier alpha value is -3.52. The van der Waals surface area contributed by atoms with Gasteiger partial charge in [0.2, 0.25) is 5.82 Å². The summed E-state index contributed by atoms with van der Waals surface area (Å²) in [6.45, 7) is 1.51. The lowest BCUT2D eigenvalue weighted by molar-refractivity contribution is 0.0684. The third-order valence-electron chi connectivity index (χ3n) is 4.73. The molecule has 2 aromatic heterocycles. The van der Waals surface area contributed by atoms with Crippen LogP contribution in [0, 0.1) is 0 Å². The van der Waals surface area contributed by atoms with Crippen LogP contribution in [0.2, 0.25) is 5.02 Å². The van der Waals surface area contributed by atoms with Crippen molar-refractivity contribution in [3.63, 3.8) is 0 Å². The summed E-state index contributed by atoms with van der Waals surface area (Å²) in [5, 5.41) is 12.9. The standard InChI is InChI=1S/C20H15ClN6O2/c21-15-8-4-5-13(11-15)12-26-9-10-27-17(20(26)28)16(23-25-27)19-22-18(24-29-19)14-6-2-1-3-7-14/h1-8,11H,9-10,12H2. The number of carbonyl (C=O) groups is 1. The maximum Gasteiger partial charge on any atom is 0.281 e. The number of aromatic nitrogens is 5. The van der Waals surface area contributed by atoms with Crippen molar-refractivity contribution in [3.8, 4) is 23.0 Å². The van der Waals surface area contributed by atoms with Crippen molar-refractivity contribution < 1.29 is 9.32 Å². The maximum atomic E-state index is 13.1. The maximum absolute atomic E-state index is 13.1. The molecular weight excluding hydrogens is 392 g/mol. The third-order valence-corrected chi connectivity index (χ3v) is 4.96. The number of benzene rings is 2. The normalized spacial score (nSPS) is 13.6. The number of fused-ring (bicyclic) bond motifs is 1. The van der Waals surface area contributed by atoms with Crippen molar-refractivity contribution in [1.29, 1.82) is 0 Å². The molecule has 0 saturated heterocycles. The molecule has 4 aromatic rings. The van der Waals surface area contributed by atoms with Gasteiger partial charge in [-0.05, 0) is 17.7 Å². The van der Waals surface area contributed by atoms with Crippen LogP contribution in [0.15, 0.2) is 59.1 Å². The first-order valence-electron chi connectivity index (χ1n) is 9.06. The minimum atomic E-state index is -0.185. The van der Waals surface area contributed by atoms with Gasteiger partial charge in [-0.25, -0.2) is 4.68 Å². The van der Waals surface area contributed by atoms with E-state index >= 15 is 0 Å². The second-order valence-corrected chi connectivity index (χ2v) is 7.09. The summed E-state index contributed by atoms with van der Waals surface area (Å²) in [4.78, 5) is 19.3. The van der Waals surface area contributed by atoms with Gasteiger partial charge in [-0.1, -0.05) is 64.4 Å². The molecule has 1 aliphatic heterocycles. The zero-order valence-corrected chi connectivity index (χ0v) is 16.0. The molecule has 5 rings (SSSR count). The number of hydrogen-bond acceptors (Lipinski definition) is 6. The summed E-state index contributed by atoms with van der Waals surface area (Å²) in [5.74, 6) is 0.417. The molecule has 29 heavy (non-hydrogen) atoms. The average molecular weight is 407 g/mol.